The zero-order chi connectivity index (χ0) is 26.2. The van der Waals surface area contributed by atoms with Crippen LogP contribution >= 0.6 is 11.9 Å². The quantitative estimate of drug-likeness (QED) is 0.0476. The molecule has 1 atom stereocenters. The molecule has 0 amide bonds. The number of carbonyl (C=O) groups is 2. The number of nitrogens with zero attached hydrogens (tertiary/aromatic N) is 4. The Morgan fingerprint density at radius 1 is 1.23 bits per heavy atom. The first-order valence-corrected chi connectivity index (χ1v) is 13.4. The van der Waals surface area contributed by atoms with E-state index in [1.165, 1.54) is 18.0 Å². The average Bonchev–Trinajstić information content (AvgIpc) is 2.82. The van der Waals surface area contributed by atoms with E-state index in [1.807, 2.05) is 27.8 Å². The summed E-state index contributed by atoms with van der Waals surface area (Å²) in [4.78, 5) is 37.3. The van der Waals surface area contributed by atoms with Crippen molar-refractivity contribution in [2.75, 3.05) is 40.5 Å². The molecular formula is C26H44N4O4S. The first kappa shape index (κ1) is 31.1. The molecule has 35 heavy (non-hydrogen) atoms. The van der Waals surface area contributed by atoms with Crippen molar-refractivity contribution in [1.29, 1.82) is 0 Å². The molecule has 1 rings (SSSR count). The lowest BCUT2D eigenvalue weighted by molar-refractivity contribution is -0.139. The maximum absolute atomic E-state index is 13.1. The van der Waals surface area contributed by atoms with Gasteiger partial charge in [-0.25, -0.2) is 9.10 Å². The maximum atomic E-state index is 13.1. The number of aliphatic imine (C=N–C) groups is 2. The number of allylic oxidation sites excluding steroid dienone is 2. The Labute approximate surface area is 216 Å². The van der Waals surface area contributed by atoms with Gasteiger partial charge in [0.2, 0.25) is 0 Å². The Hall–Kier alpha value is -1.97. The van der Waals surface area contributed by atoms with E-state index in [9.17, 15) is 9.59 Å². The fraction of sp³-hybridized carbons (Fsp3) is 0.692. The summed E-state index contributed by atoms with van der Waals surface area (Å²) >= 11 is 1.49. The largest absolute Gasteiger partial charge is 0.462 e. The van der Waals surface area contributed by atoms with Crippen LogP contribution in [0.2, 0.25) is 0 Å². The Morgan fingerprint density at radius 2 is 1.97 bits per heavy atom. The zero-order valence-corrected chi connectivity index (χ0v) is 23.4. The summed E-state index contributed by atoms with van der Waals surface area (Å²) < 4.78 is 12.5. The van der Waals surface area contributed by atoms with Gasteiger partial charge in [-0.05, 0) is 71.5 Å². The van der Waals surface area contributed by atoms with Gasteiger partial charge >= 0.3 is 5.97 Å². The van der Waals surface area contributed by atoms with Gasteiger partial charge in [0.1, 0.15) is 11.4 Å². The number of esters is 1. The normalized spacial score (nSPS) is 17.9. The molecule has 0 radical (unpaired) electrons. The van der Waals surface area contributed by atoms with Gasteiger partial charge in [-0.3, -0.25) is 19.7 Å². The lowest BCUT2D eigenvalue weighted by Crippen LogP contribution is -2.39. The van der Waals surface area contributed by atoms with Crippen molar-refractivity contribution < 1.29 is 19.1 Å². The summed E-state index contributed by atoms with van der Waals surface area (Å²) in [5.41, 5.74) is 0.865. The van der Waals surface area contributed by atoms with Crippen LogP contribution in [-0.2, 0) is 19.1 Å². The number of ether oxygens (including phenoxy) is 2. The van der Waals surface area contributed by atoms with Crippen LogP contribution in [0.3, 0.4) is 0 Å². The highest BCUT2D eigenvalue weighted by Gasteiger charge is 2.27. The first-order chi connectivity index (χ1) is 16.8. The molecule has 1 aliphatic heterocycles. The molecule has 0 saturated heterocycles. The number of methoxy groups -OCH3 is 1. The van der Waals surface area contributed by atoms with Gasteiger partial charge in [0, 0.05) is 33.0 Å². The SMILES string of the molecule is CCCN=C(C)N(/C=C(\C(=O)/C=C(\C)CC)C(=O)OCC)C1=NC(CCCCCOC)CN(C)S1. The van der Waals surface area contributed by atoms with Crippen molar-refractivity contribution in [1.82, 2.24) is 9.21 Å². The highest BCUT2D eigenvalue weighted by Crippen LogP contribution is 2.25. The van der Waals surface area contributed by atoms with E-state index in [1.54, 1.807) is 25.1 Å². The molecule has 198 valence electrons. The number of amidine groups is 2. The molecule has 0 aliphatic carbocycles. The van der Waals surface area contributed by atoms with E-state index in [0.29, 0.717) is 17.5 Å². The second-order valence-corrected chi connectivity index (χ2v) is 9.75. The molecule has 0 aromatic heterocycles. The topological polar surface area (TPSA) is 83.8 Å². The van der Waals surface area contributed by atoms with Gasteiger partial charge in [-0.1, -0.05) is 32.3 Å². The van der Waals surface area contributed by atoms with Crippen LogP contribution in [0.5, 0.6) is 0 Å². The third-order valence-electron chi connectivity index (χ3n) is 5.46. The minimum absolute atomic E-state index is 0.0293. The number of likely N-dealkylation sites (N-methyl/N-ethyl adjacent to an activating group) is 1. The molecule has 1 aliphatic rings. The third kappa shape index (κ3) is 11.5. The Kier molecular flexibility index (Phi) is 15.5. The second kappa shape index (κ2) is 17.5. The molecule has 9 heteroatoms. The van der Waals surface area contributed by atoms with Crippen LogP contribution in [-0.4, -0.2) is 78.5 Å². The molecule has 0 N–H and O–H groups in total. The number of hydrogen-bond donors (Lipinski definition) is 0. The minimum Gasteiger partial charge on any atom is -0.462 e. The van der Waals surface area contributed by atoms with Gasteiger partial charge in [-0.15, -0.1) is 0 Å². The number of hydrogen-bond acceptors (Lipinski definition) is 8. The van der Waals surface area contributed by atoms with Crippen LogP contribution in [0.1, 0.15) is 73.1 Å². The molecule has 0 aromatic carbocycles. The zero-order valence-electron chi connectivity index (χ0n) is 22.6. The Morgan fingerprint density at radius 3 is 2.60 bits per heavy atom. The van der Waals surface area contributed by atoms with E-state index < -0.39 is 5.97 Å². The number of carbonyl (C=O) groups excluding carboxylic acids is 2. The Bertz CT molecular complexity index is 807. The first-order valence-electron chi connectivity index (χ1n) is 12.6. The molecule has 0 bridgehead atoms. The van der Waals surface area contributed by atoms with E-state index in [4.69, 9.17) is 14.5 Å². The number of ketones is 1. The van der Waals surface area contributed by atoms with Crippen molar-refractivity contribution in [3.8, 4) is 0 Å². The predicted molar refractivity (Wildman–Crippen MR) is 146 cm³/mol. The van der Waals surface area contributed by atoms with E-state index in [-0.39, 0.29) is 24.0 Å². The lowest BCUT2D eigenvalue weighted by Gasteiger charge is -2.32. The predicted octanol–water partition coefficient (Wildman–Crippen LogP) is 5.01. The fourth-order valence-corrected chi connectivity index (χ4v) is 4.35. The molecule has 0 fully saturated rings. The van der Waals surface area contributed by atoms with Gasteiger partial charge in [0.05, 0.1) is 12.6 Å². The van der Waals surface area contributed by atoms with Crippen molar-refractivity contribution in [3.05, 3.63) is 23.4 Å². The summed E-state index contributed by atoms with van der Waals surface area (Å²) in [7, 11) is 3.76. The van der Waals surface area contributed by atoms with Crippen LogP contribution in [0, 0.1) is 0 Å². The van der Waals surface area contributed by atoms with Gasteiger partial charge < -0.3 is 9.47 Å². The fourth-order valence-electron chi connectivity index (χ4n) is 3.35. The summed E-state index contributed by atoms with van der Waals surface area (Å²) in [5.74, 6) is -0.339. The highest BCUT2D eigenvalue weighted by molar-refractivity contribution is 8.11. The standard InChI is InChI=1S/C26H44N4O4S/c1-8-15-27-21(5)30(19-23(25(32)34-10-3)24(31)17-20(4)9-2)26-28-22(18-29(6)35-26)14-12-11-13-16-33-7/h17,19,22H,8-16,18H2,1-7H3/b20-17+,23-19+,27-21?. The van der Waals surface area contributed by atoms with Crippen LogP contribution in [0.25, 0.3) is 0 Å². The molecule has 0 aromatic rings. The molecular weight excluding hydrogens is 464 g/mol. The van der Waals surface area contributed by atoms with Crippen molar-refractivity contribution in [2.24, 2.45) is 9.98 Å². The molecule has 8 nitrogen and oxygen atoms in total. The van der Waals surface area contributed by atoms with E-state index in [2.05, 4.69) is 16.2 Å². The third-order valence-corrected chi connectivity index (χ3v) is 6.38. The van der Waals surface area contributed by atoms with Gasteiger partial charge in [0.15, 0.2) is 11.0 Å². The van der Waals surface area contributed by atoms with Crippen molar-refractivity contribution in [2.45, 2.75) is 79.2 Å². The lowest BCUT2D eigenvalue weighted by atomic mass is 10.1. The van der Waals surface area contributed by atoms with Gasteiger partial charge in [-0.2, -0.15) is 0 Å². The smallest absolute Gasteiger partial charge is 0.343 e. The van der Waals surface area contributed by atoms with Crippen LogP contribution < -0.4 is 0 Å². The van der Waals surface area contributed by atoms with Crippen molar-refractivity contribution >= 4 is 34.7 Å². The molecule has 1 heterocycles. The Balaban J connectivity index is 3.38. The van der Waals surface area contributed by atoms with Gasteiger partial charge in [0.25, 0.3) is 0 Å². The number of unbranched alkanes of at least 4 members (excludes halogenated alkanes) is 2. The van der Waals surface area contributed by atoms with Crippen molar-refractivity contribution in [3.63, 3.8) is 0 Å². The monoisotopic (exact) mass is 508 g/mol. The minimum atomic E-state index is -0.643. The maximum Gasteiger partial charge on any atom is 0.343 e. The molecule has 0 spiro atoms. The van der Waals surface area contributed by atoms with E-state index in [0.717, 1.165) is 57.2 Å². The van der Waals surface area contributed by atoms with Crippen LogP contribution in [0.15, 0.2) is 33.4 Å². The summed E-state index contributed by atoms with van der Waals surface area (Å²) in [6, 6.07) is 0.123. The summed E-state index contributed by atoms with van der Waals surface area (Å²) in [6.07, 6.45) is 8.83. The average molecular weight is 509 g/mol. The van der Waals surface area contributed by atoms with Crippen LogP contribution in [0.4, 0.5) is 0 Å². The summed E-state index contributed by atoms with van der Waals surface area (Å²) in [5, 5.41) is 0.698. The summed E-state index contributed by atoms with van der Waals surface area (Å²) in [6.45, 7) is 12.0. The van der Waals surface area contributed by atoms with E-state index >= 15 is 0 Å². The molecule has 0 saturated carbocycles. The number of rotatable bonds is 14. The highest BCUT2D eigenvalue weighted by atomic mass is 32.2. The molecule has 1 unspecified atom stereocenters. The second-order valence-electron chi connectivity index (χ2n) is 8.58.